The minimum Gasteiger partial charge on any atom is -0.507 e. The van der Waals surface area contributed by atoms with E-state index in [1.165, 1.54) is 24.3 Å². The molecule has 0 aliphatic carbocycles. The van der Waals surface area contributed by atoms with E-state index in [1.807, 2.05) is 30.3 Å². The van der Waals surface area contributed by atoms with Gasteiger partial charge in [0, 0.05) is 22.4 Å². The summed E-state index contributed by atoms with van der Waals surface area (Å²) in [6.45, 7) is 0. The number of aromatic hydroxyl groups is 4. The summed E-state index contributed by atoms with van der Waals surface area (Å²) >= 11 is 5.55. The number of benzene rings is 3. The summed E-state index contributed by atoms with van der Waals surface area (Å²) in [5.74, 6) is -0.664. The summed E-state index contributed by atoms with van der Waals surface area (Å²) in [7, 11) is 0. The highest BCUT2D eigenvalue weighted by atomic mass is 32.1. The monoisotopic (exact) mass is 380 g/mol. The maximum Gasteiger partial charge on any atom is 0.174 e. The molecular weight excluding hydrogens is 364 g/mol. The number of phenolic OH excluding ortho intramolecular Hbond substituents is 4. The topological polar surface area (TPSA) is 90.2 Å². The number of thiocarbonyl (C=S) groups is 1. The molecule has 0 aromatic heterocycles. The Bertz CT molecular complexity index is 1050. The largest absolute Gasteiger partial charge is 0.507 e. The predicted octanol–water partition coefficient (Wildman–Crippen LogP) is 3.95. The maximum atomic E-state index is 10.3. The maximum absolute atomic E-state index is 10.3. The predicted molar refractivity (Wildman–Crippen MR) is 104 cm³/mol. The van der Waals surface area contributed by atoms with Crippen LogP contribution in [-0.4, -0.2) is 25.3 Å². The van der Waals surface area contributed by atoms with Crippen molar-refractivity contribution in [2.75, 3.05) is 0 Å². The van der Waals surface area contributed by atoms with Crippen molar-refractivity contribution in [1.29, 1.82) is 0 Å². The van der Waals surface area contributed by atoms with Crippen molar-refractivity contribution in [3.8, 4) is 28.7 Å². The van der Waals surface area contributed by atoms with Gasteiger partial charge in [0.15, 0.2) is 28.6 Å². The van der Waals surface area contributed by atoms with E-state index in [0.29, 0.717) is 16.0 Å². The zero-order valence-electron chi connectivity index (χ0n) is 14.1. The molecule has 27 heavy (non-hydrogen) atoms. The highest BCUT2D eigenvalue weighted by molar-refractivity contribution is 7.80. The first-order valence-electron chi connectivity index (χ1n) is 8.27. The van der Waals surface area contributed by atoms with Gasteiger partial charge >= 0.3 is 0 Å². The van der Waals surface area contributed by atoms with Crippen LogP contribution in [0.3, 0.4) is 0 Å². The fraction of sp³-hybridized carbons (Fsp3) is 0.0952. The number of fused-ring (bicyclic) bond motifs is 1. The Kier molecular flexibility index (Phi) is 3.93. The van der Waals surface area contributed by atoms with E-state index in [-0.39, 0.29) is 35.2 Å². The molecule has 5 nitrogen and oxygen atoms in total. The fourth-order valence-corrected chi connectivity index (χ4v) is 3.83. The highest BCUT2D eigenvalue weighted by Gasteiger charge is 2.44. The van der Waals surface area contributed by atoms with E-state index in [2.05, 4.69) is 0 Å². The second-order valence-corrected chi connectivity index (χ2v) is 6.90. The molecule has 0 bridgehead atoms. The summed E-state index contributed by atoms with van der Waals surface area (Å²) in [6.07, 6.45) is 0.209. The van der Waals surface area contributed by atoms with Crippen molar-refractivity contribution in [2.24, 2.45) is 0 Å². The molecule has 1 aliphatic heterocycles. The molecule has 0 saturated carbocycles. The third-order valence-corrected chi connectivity index (χ3v) is 5.11. The Labute approximate surface area is 160 Å². The molecule has 0 fully saturated rings. The number of hydrogen-bond acceptors (Lipinski definition) is 6. The van der Waals surface area contributed by atoms with Crippen LogP contribution in [0, 0.1) is 0 Å². The molecule has 3 aromatic rings. The molecule has 1 unspecified atom stereocenters. The van der Waals surface area contributed by atoms with Crippen LogP contribution >= 0.6 is 12.2 Å². The first-order chi connectivity index (χ1) is 12.9. The van der Waals surface area contributed by atoms with Crippen LogP contribution in [0.25, 0.3) is 0 Å². The van der Waals surface area contributed by atoms with Crippen LogP contribution in [-0.2, 0) is 5.60 Å². The summed E-state index contributed by atoms with van der Waals surface area (Å²) in [5, 5.41) is 40.3. The number of phenols is 4. The molecule has 0 radical (unpaired) electrons. The summed E-state index contributed by atoms with van der Waals surface area (Å²) < 4.78 is 6.28. The smallest absolute Gasteiger partial charge is 0.174 e. The zero-order valence-corrected chi connectivity index (χ0v) is 14.9. The Hall–Kier alpha value is -3.25. The molecule has 3 aromatic carbocycles. The minimum absolute atomic E-state index is 0.0667. The zero-order chi connectivity index (χ0) is 19.2. The Morgan fingerprint density at radius 2 is 1.41 bits per heavy atom. The van der Waals surface area contributed by atoms with E-state index in [9.17, 15) is 20.4 Å². The van der Waals surface area contributed by atoms with Crippen molar-refractivity contribution < 1.29 is 25.2 Å². The lowest BCUT2D eigenvalue weighted by atomic mass is 9.79. The standard InChI is InChI=1S/C21H16O5S/c22-14-7-6-13(10-17(14)25)21(12-4-2-1-3-5-12)11-18(27)19-15(23)8-9-16(24)20(19)26-21/h1-10,22-25H,11H2. The minimum atomic E-state index is -1.14. The third kappa shape index (κ3) is 2.65. The quantitative estimate of drug-likeness (QED) is 0.306. The number of hydrogen-bond donors (Lipinski definition) is 4. The van der Waals surface area contributed by atoms with Crippen molar-refractivity contribution in [1.82, 2.24) is 0 Å². The number of rotatable bonds is 2. The molecule has 0 spiro atoms. The first kappa shape index (κ1) is 17.2. The van der Waals surface area contributed by atoms with Crippen LogP contribution in [0.1, 0.15) is 23.1 Å². The van der Waals surface area contributed by atoms with Crippen molar-refractivity contribution in [2.45, 2.75) is 12.0 Å². The van der Waals surface area contributed by atoms with Crippen molar-refractivity contribution >= 4 is 17.1 Å². The number of ether oxygens (including phenoxy) is 1. The summed E-state index contributed by atoms with van der Waals surface area (Å²) in [6, 6.07) is 16.4. The van der Waals surface area contributed by atoms with Gasteiger partial charge in [-0.15, -0.1) is 0 Å². The molecule has 4 N–H and O–H groups in total. The van der Waals surface area contributed by atoms with Gasteiger partial charge in [-0.2, -0.15) is 0 Å². The second-order valence-electron chi connectivity index (χ2n) is 6.41. The van der Waals surface area contributed by atoms with Gasteiger partial charge in [-0.1, -0.05) is 48.6 Å². The molecule has 1 atom stereocenters. The van der Waals surface area contributed by atoms with Gasteiger partial charge in [0.1, 0.15) is 5.75 Å². The normalized spacial score (nSPS) is 18.6. The summed E-state index contributed by atoms with van der Waals surface area (Å²) in [4.78, 5) is 0.418. The van der Waals surface area contributed by atoms with Crippen LogP contribution in [0.5, 0.6) is 28.7 Å². The lowest BCUT2D eigenvalue weighted by molar-refractivity contribution is 0.107. The van der Waals surface area contributed by atoms with Crippen LogP contribution in [0.4, 0.5) is 0 Å². The van der Waals surface area contributed by atoms with Gasteiger partial charge in [-0.05, 0) is 24.3 Å². The van der Waals surface area contributed by atoms with Gasteiger partial charge in [-0.25, -0.2) is 0 Å². The lowest BCUT2D eigenvalue weighted by Crippen LogP contribution is -2.40. The molecule has 0 amide bonds. The summed E-state index contributed by atoms with van der Waals surface area (Å²) in [5.41, 5.74) is 0.465. The van der Waals surface area contributed by atoms with Gasteiger partial charge in [0.25, 0.3) is 0 Å². The van der Waals surface area contributed by atoms with Crippen molar-refractivity contribution in [3.63, 3.8) is 0 Å². The fourth-order valence-electron chi connectivity index (χ4n) is 3.43. The highest BCUT2D eigenvalue weighted by Crippen LogP contribution is 2.50. The third-order valence-electron chi connectivity index (χ3n) is 4.76. The molecule has 0 saturated heterocycles. The Balaban J connectivity index is 1.99. The first-order valence-corrected chi connectivity index (χ1v) is 8.68. The molecular formula is C21H16O5S. The van der Waals surface area contributed by atoms with E-state index < -0.39 is 5.60 Å². The molecule has 4 rings (SSSR count). The Morgan fingerprint density at radius 3 is 2.11 bits per heavy atom. The van der Waals surface area contributed by atoms with Crippen LogP contribution in [0.15, 0.2) is 60.7 Å². The molecule has 136 valence electrons. The molecule has 1 aliphatic rings. The van der Waals surface area contributed by atoms with E-state index in [0.717, 1.165) is 5.56 Å². The van der Waals surface area contributed by atoms with Crippen LogP contribution in [0.2, 0.25) is 0 Å². The van der Waals surface area contributed by atoms with Gasteiger partial charge in [0.2, 0.25) is 0 Å². The molecule has 1 heterocycles. The van der Waals surface area contributed by atoms with Crippen molar-refractivity contribution in [3.05, 3.63) is 77.4 Å². The average Bonchev–Trinajstić information content (AvgIpc) is 2.67. The SMILES string of the molecule is Oc1ccc(C2(c3ccccc3)CC(=S)c3c(O)ccc(O)c3O2)cc1O. The average molecular weight is 380 g/mol. The van der Waals surface area contributed by atoms with Gasteiger partial charge in [-0.3, -0.25) is 0 Å². The molecule has 6 heteroatoms. The van der Waals surface area contributed by atoms with E-state index in [4.69, 9.17) is 17.0 Å². The van der Waals surface area contributed by atoms with Crippen LogP contribution < -0.4 is 4.74 Å². The van der Waals surface area contributed by atoms with Gasteiger partial charge < -0.3 is 25.2 Å². The van der Waals surface area contributed by atoms with E-state index in [1.54, 1.807) is 6.07 Å². The van der Waals surface area contributed by atoms with E-state index >= 15 is 0 Å². The second kappa shape index (κ2) is 6.17. The Morgan fingerprint density at radius 1 is 0.741 bits per heavy atom. The van der Waals surface area contributed by atoms with Gasteiger partial charge in [0.05, 0.1) is 5.56 Å². The lowest BCUT2D eigenvalue weighted by Gasteiger charge is -2.40.